The molecule has 0 unspecified atom stereocenters. The van der Waals surface area contributed by atoms with Gasteiger partial charge in [-0.2, -0.15) is 0 Å². The summed E-state index contributed by atoms with van der Waals surface area (Å²) >= 11 is 0. The summed E-state index contributed by atoms with van der Waals surface area (Å²) in [6.07, 6.45) is 2.91. The molecule has 5 nitrogen and oxygen atoms in total. The van der Waals surface area contributed by atoms with Gasteiger partial charge < -0.3 is 19.4 Å². The van der Waals surface area contributed by atoms with Crippen molar-refractivity contribution in [1.29, 1.82) is 0 Å². The lowest BCUT2D eigenvalue weighted by Gasteiger charge is -2.62. The zero-order chi connectivity index (χ0) is 21.0. The molecule has 1 aromatic carbocycles. The van der Waals surface area contributed by atoms with Crippen LogP contribution >= 0.6 is 0 Å². The van der Waals surface area contributed by atoms with Crippen molar-refractivity contribution in [1.82, 2.24) is 0 Å². The van der Waals surface area contributed by atoms with Gasteiger partial charge in [-0.1, -0.05) is 20.8 Å². The zero-order valence-electron chi connectivity index (χ0n) is 17.8. The van der Waals surface area contributed by atoms with Gasteiger partial charge in [-0.25, -0.2) is 4.79 Å². The Labute approximate surface area is 171 Å². The summed E-state index contributed by atoms with van der Waals surface area (Å²) < 4.78 is 11.4. The Morgan fingerprint density at radius 3 is 2.59 bits per heavy atom. The molecule has 2 N–H and O–H groups in total. The largest absolute Gasteiger partial charge is 0.493 e. The fourth-order valence-corrected chi connectivity index (χ4v) is 6.20. The minimum absolute atomic E-state index is 0.0565. The first-order chi connectivity index (χ1) is 13.5. The van der Waals surface area contributed by atoms with E-state index in [0.717, 1.165) is 24.6 Å². The number of benzene rings is 1. The van der Waals surface area contributed by atoms with Gasteiger partial charge in [0.05, 0.1) is 18.3 Å². The summed E-state index contributed by atoms with van der Waals surface area (Å²) in [5, 5.41) is 22.7. The van der Waals surface area contributed by atoms with E-state index in [2.05, 4.69) is 20.8 Å². The lowest BCUT2D eigenvalue weighted by Crippen LogP contribution is -2.61. The molecule has 0 aliphatic heterocycles. The lowest BCUT2D eigenvalue weighted by atomic mass is 9.45. The molecule has 0 spiro atoms. The van der Waals surface area contributed by atoms with Crippen LogP contribution < -0.4 is 10.4 Å². The molecule has 5 atom stereocenters. The SMILES string of the molecule is CC1(C)[C@H]2CC[C@](C)(O)[C@@H](COc3ccc4ccc(=O)oc4c3)[C@@]2(C)CC[C@@H]1O. The Kier molecular flexibility index (Phi) is 4.82. The third-order valence-corrected chi connectivity index (χ3v) is 8.01. The van der Waals surface area contributed by atoms with E-state index in [0.29, 0.717) is 30.3 Å². The number of hydrogen-bond acceptors (Lipinski definition) is 5. The Morgan fingerprint density at radius 2 is 1.83 bits per heavy atom. The zero-order valence-corrected chi connectivity index (χ0v) is 17.8. The lowest BCUT2D eigenvalue weighted by molar-refractivity contribution is -0.201. The summed E-state index contributed by atoms with van der Waals surface area (Å²) in [7, 11) is 0. The first-order valence-electron chi connectivity index (χ1n) is 10.6. The summed E-state index contributed by atoms with van der Waals surface area (Å²) in [6, 6.07) is 8.62. The highest BCUT2D eigenvalue weighted by atomic mass is 16.5. The molecule has 0 amide bonds. The molecule has 0 bridgehead atoms. The average molecular weight is 401 g/mol. The molecule has 2 saturated carbocycles. The van der Waals surface area contributed by atoms with Crippen LogP contribution in [0.1, 0.15) is 53.4 Å². The van der Waals surface area contributed by atoms with Crippen LogP contribution in [0.25, 0.3) is 11.0 Å². The quantitative estimate of drug-likeness (QED) is 0.757. The fraction of sp³-hybridized carbons (Fsp3) is 0.625. The van der Waals surface area contributed by atoms with E-state index in [1.165, 1.54) is 6.07 Å². The molecule has 2 aliphatic carbocycles. The molecule has 5 heteroatoms. The smallest absolute Gasteiger partial charge is 0.336 e. The molecule has 158 valence electrons. The number of ether oxygens (including phenoxy) is 1. The summed E-state index contributed by atoms with van der Waals surface area (Å²) in [6.45, 7) is 8.87. The Balaban J connectivity index is 1.61. The average Bonchev–Trinajstić information content (AvgIpc) is 2.64. The van der Waals surface area contributed by atoms with Crippen LogP contribution in [-0.2, 0) is 0 Å². The van der Waals surface area contributed by atoms with Gasteiger partial charge in [0.1, 0.15) is 11.3 Å². The van der Waals surface area contributed by atoms with Gasteiger partial charge in [0, 0.05) is 23.4 Å². The minimum Gasteiger partial charge on any atom is -0.493 e. The van der Waals surface area contributed by atoms with Crippen molar-refractivity contribution in [2.75, 3.05) is 6.61 Å². The highest BCUT2D eigenvalue weighted by molar-refractivity contribution is 5.77. The molecule has 1 heterocycles. The summed E-state index contributed by atoms with van der Waals surface area (Å²) in [4.78, 5) is 11.5. The third-order valence-electron chi connectivity index (χ3n) is 8.01. The number of aliphatic hydroxyl groups excluding tert-OH is 1. The van der Waals surface area contributed by atoms with Crippen LogP contribution in [-0.4, -0.2) is 28.5 Å². The molecule has 2 aromatic rings. The van der Waals surface area contributed by atoms with Gasteiger partial charge >= 0.3 is 5.63 Å². The third kappa shape index (κ3) is 3.38. The Hall–Kier alpha value is -1.85. The van der Waals surface area contributed by atoms with Gasteiger partial charge in [0.2, 0.25) is 0 Å². The van der Waals surface area contributed by atoms with Crippen molar-refractivity contribution in [3.63, 3.8) is 0 Å². The van der Waals surface area contributed by atoms with Gasteiger partial charge in [-0.05, 0) is 67.6 Å². The molecule has 2 fully saturated rings. The number of aliphatic hydroxyl groups is 2. The van der Waals surface area contributed by atoms with E-state index in [1.54, 1.807) is 12.1 Å². The monoisotopic (exact) mass is 400 g/mol. The van der Waals surface area contributed by atoms with Gasteiger partial charge in [-0.3, -0.25) is 0 Å². The van der Waals surface area contributed by atoms with Gasteiger partial charge in [0.25, 0.3) is 0 Å². The molecule has 0 saturated heterocycles. The topological polar surface area (TPSA) is 79.9 Å². The minimum atomic E-state index is -0.826. The molecular weight excluding hydrogens is 368 g/mol. The fourth-order valence-electron chi connectivity index (χ4n) is 6.20. The molecule has 1 aromatic heterocycles. The van der Waals surface area contributed by atoms with Crippen molar-refractivity contribution >= 4 is 11.0 Å². The van der Waals surface area contributed by atoms with Crippen molar-refractivity contribution in [2.24, 2.45) is 22.7 Å². The van der Waals surface area contributed by atoms with Gasteiger partial charge in [0.15, 0.2) is 0 Å². The van der Waals surface area contributed by atoms with E-state index in [9.17, 15) is 15.0 Å². The summed E-state index contributed by atoms with van der Waals surface area (Å²) in [5.41, 5.74) is -1.02. The van der Waals surface area contributed by atoms with E-state index >= 15 is 0 Å². The first-order valence-corrected chi connectivity index (χ1v) is 10.6. The standard InChI is InChI=1S/C24H32O5/c1-22(2)18-9-12-24(4,27)19(23(18,3)11-10-20(22)25)14-28-16-7-5-15-6-8-21(26)29-17(15)13-16/h5-8,13,18-20,25,27H,9-12,14H2,1-4H3/t18-,19+,20+,23+,24+/m1/s1. The molecule has 2 aliphatic rings. The maximum atomic E-state index is 11.5. The number of rotatable bonds is 3. The highest BCUT2D eigenvalue weighted by Gasteiger charge is 2.60. The molecule has 29 heavy (non-hydrogen) atoms. The summed E-state index contributed by atoms with van der Waals surface area (Å²) in [5.74, 6) is 0.893. The van der Waals surface area contributed by atoms with Gasteiger partial charge in [-0.15, -0.1) is 0 Å². The highest BCUT2D eigenvalue weighted by Crippen LogP contribution is 2.61. The van der Waals surface area contributed by atoms with E-state index < -0.39 is 5.60 Å². The molecular formula is C24H32O5. The predicted molar refractivity (Wildman–Crippen MR) is 112 cm³/mol. The van der Waals surface area contributed by atoms with E-state index in [-0.39, 0.29) is 28.5 Å². The van der Waals surface area contributed by atoms with Crippen molar-refractivity contribution < 1.29 is 19.4 Å². The first kappa shape index (κ1) is 20.4. The van der Waals surface area contributed by atoms with E-state index in [4.69, 9.17) is 9.15 Å². The van der Waals surface area contributed by atoms with Crippen LogP contribution in [0.3, 0.4) is 0 Å². The van der Waals surface area contributed by atoms with Crippen LogP contribution in [0, 0.1) is 22.7 Å². The Bertz CT molecular complexity index is 959. The maximum absolute atomic E-state index is 11.5. The predicted octanol–water partition coefficient (Wildman–Crippen LogP) is 4.14. The van der Waals surface area contributed by atoms with Crippen LogP contribution in [0.2, 0.25) is 0 Å². The van der Waals surface area contributed by atoms with Crippen LogP contribution in [0.5, 0.6) is 5.75 Å². The second-order valence-corrected chi connectivity index (χ2v) is 10.1. The normalized spacial score (nSPS) is 36.6. The van der Waals surface area contributed by atoms with Crippen molar-refractivity contribution in [3.05, 3.63) is 40.8 Å². The maximum Gasteiger partial charge on any atom is 0.336 e. The van der Waals surface area contributed by atoms with E-state index in [1.807, 2.05) is 19.1 Å². The number of fused-ring (bicyclic) bond motifs is 2. The van der Waals surface area contributed by atoms with Crippen molar-refractivity contribution in [2.45, 2.75) is 65.1 Å². The van der Waals surface area contributed by atoms with Crippen LogP contribution in [0.4, 0.5) is 0 Å². The molecule has 4 rings (SSSR count). The second-order valence-electron chi connectivity index (χ2n) is 10.1. The Morgan fingerprint density at radius 1 is 1.10 bits per heavy atom. The second kappa shape index (κ2) is 6.85. The molecule has 0 radical (unpaired) electrons. The number of hydrogen-bond donors (Lipinski definition) is 2. The van der Waals surface area contributed by atoms with Crippen molar-refractivity contribution in [3.8, 4) is 5.75 Å². The van der Waals surface area contributed by atoms with Crippen LogP contribution in [0.15, 0.2) is 39.5 Å².